The Bertz CT molecular complexity index is 911. The maximum absolute atomic E-state index is 11.5. The van der Waals surface area contributed by atoms with Crippen LogP contribution in [0.4, 0.5) is 0 Å². The first-order valence-corrected chi connectivity index (χ1v) is 8.70. The Kier molecular flexibility index (Phi) is 4.84. The molecule has 0 radical (unpaired) electrons. The largest absolute Gasteiger partial charge is 0.373 e. The second kappa shape index (κ2) is 7.58. The highest BCUT2D eigenvalue weighted by molar-refractivity contribution is 5.73. The molecule has 0 bridgehead atoms. The van der Waals surface area contributed by atoms with E-state index in [1.54, 1.807) is 35.1 Å². The van der Waals surface area contributed by atoms with Gasteiger partial charge in [-0.15, -0.1) is 5.10 Å². The predicted molar refractivity (Wildman–Crippen MR) is 96.3 cm³/mol. The minimum atomic E-state index is -0.0972. The summed E-state index contributed by atoms with van der Waals surface area (Å²) in [6.45, 7) is 3.84. The van der Waals surface area contributed by atoms with E-state index in [4.69, 9.17) is 4.74 Å². The Morgan fingerprint density at radius 3 is 2.81 bits per heavy atom. The average molecular weight is 365 g/mol. The summed E-state index contributed by atoms with van der Waals surface area (Å²) in [5.41, 5.74) is 2.18. The molecule has 9 heteroatoms. The van der Waals surface area contributed by atoms with E-state index in [2.05, 4.69) is 25.3 Å². The van der Waals surface area contributed by atoms with Gasteiger partial charge < -0.3 is 9.64 Å². The molecule has 1 aliphatic heterocycles. The van der Waals surface area contributed by atoms with Crippen molar-refractivity contribution in [3.8, 4) is 22.8 Å². The first-order valence-electron chi connectivity index (χ1n) is 8.70. The minimum Gasteiger partial charge on any atom is -0.373 e. The predicted octanol–water partition coefficient (Wildman–Crippen LogP) is 1.04. The second-order valence-corrected chi connectivity index (χ2v) is 6.29. The van der Waals surface area contributed by atoms with Crippen molar-refractivity contribution in [2.75, 3.05) is 19.7 Å². The zero-order valence-electron chi connectivity index (χ0n) is 14.9. The lowest BCUT2D eigenvalue weighted by Crippen LogP contribution is -2.46. The molecule has 0 spiro atoms. The van der Waals surface area contributed by atoms with Crippen LogP contribution in [0.3, 0.4) is 0 Å². The van der Waals surface area contributed by atoms with Gasteiger partial charge in [0.2, 0.25) is 5.91 Å². The highest BCUT2D eigenvalue weighted by atomic mass is 16.5. The molecule has 0 aliphatic carbocycles. The highest BCUT2D eigenvalue weighted by Crippen LogP contribution is 2.17. The van der Waals surface area contributed by atoms with Gasteiger partial charge in [-0.1, -0.05) is 11.3 Å². The topological polar surface area (TPSA) is 98.9 Å². The summed E-state index contributed by atoms with van der Waals surface area (Å²) in [5, 5.41) is 8.34. The van der Waals surface area contributed by atoms with Crippen LogP contribution in [-0.2, 0) is 16.1 Å². The van der Waals surface area contributed by atoms with E-state index in [0.717, 1.165) is 11.3 Å². The molecule has 27 heavy (non-hydrogen) atoms. The lowest BCUT2D eigenvalue weighted by molar-refractivity contribution is -0.136. The van der Waals surface area contributed by atoms with Crippen LogP contribution in [0.5, 0.6) is 0 Å². The molecule has 1 amide bonds. The minimum absolute atomic E-state index is 0.0627. The molecule has 0 aromatic carbocycles. The van der Waals surface area contributed by atoms with Gasteiger partial charge in [-0.25, -0.2) is 14.6 Å². The number of aromatic nitrogens is 6. The highest BCUT2D eigenvalue weighted by Gasteiger charge is 2.23. The van der Waals surface area contributed by atoms with Crippen molar-refractivity contribution < 1.29 is 9.53 Å². The Labute approximate surface area is 156 Å². The molecule has 1 fully saturated rings. The van der Waals surface area contributed by atoms with Crippen molar-refractivity contribution in [1.82, 2.24) is 34.8 Å². The van der Waals surface area contributed by atoms with Crippen LogP contribution in [0.25, 0.3) is 22.8 Å². The lowest BCUT2D eigenvalue weighted by atomic mass is 10.2. The number of ether oxygens (including phenoxy) is 1. The fourth-order valence-electron chi connectivity index (χ4n) is 2.93. The van der Waals surface area contributed by atoms with Crippen molar-refractivity contribution in [1.29, 1.82) is 0 Å². The van der Waals surface area contributed by atoms with E-state index in [9.17, 15) is 4.79 Å². The van der Waals surface area contributed by atoms with Crippen molar-refractivity contribution in [2.24, 2.45) is 0 Å². The number of hydrogen-bond donors (Lipinski definition) is 0. The molecular formula is C18H19N7O2. The summed E-state index contributed by atoms with van der Waals surface area (Å²) >= 11 is 0. The number of pyridine rings is 1. The molecule has 1 aliphatic rings. The molecule has 1 saturated heterocycles. The Morgan fingerprint density at radius 1 is 1.22 bits per heavy atom. The molecular weight excluding hydrogens is 346 g/mol. The SMILES string of the molecule is CC(=O)N1CCO[C@H](Cn2cc(-c3cnc(-c4ccccn4)nc3)nn2)C1. The Hall–Kier alpha value is -3.20. The standard InChI is InChI=1S/C18H19N7O2/c1-13(26)24-6-7-27-15(10-24)11-25-12-17(22-23-25)14-8-20-18(21-9-14)16-4-2-3-5-19-16/h2-5,8-9,12,15H,6-7,10-11H2,1H3/t15-/m0/s1. The number of amides is 1. The van der Waals surface area contributed by atoms with Gasteiger partial charge in [0.15, 0.2) is 5.82 Å². The van der Waals surface area contributed by atoms with Crippen molar-refractivity contribution >= 4 is 5.91 Å². The van der Waals surface area contributed by atoms with Crippen LogP contribution < -0.4 is 0 Å². The number of nitrogens with zero attached hydrogens (tertiary/aromatic N) is 7. The summed E-state index contributed by atoms with van der Waals surface area (Å²) < 4.78 is 7.45. The summed E-state index contributed by atoms with van der Waals surface area (Å²) in [6, 6.07) is 5.60. The Balaban J connectivity index is 1.44. The Morgan fingerprint density at radius 2 is 2.07 bits per heavy atom. The third-order valence-corrected chi connectivity index (χ3v) is 4.36. The summed E-state index contributed by atoms with van der Waals surface area (Å²) in [4.78, 5) is 26.3. The van der Waals surface area contributed by atoms with Crippen LogP contribution in [-0.4, -0.2) is 66.6 Å². The first-order chi connectivity index (χ1) is 13.2. The molecule has 4 rings (SSSR count). The summed E-state index contributed by atoms with van der Waals surface area (Å²) in [7, 11) is 0. The van der Waals surface area contributed by atoms with E-state index < -0.39 is 0 Å². The van der Waals surface area contributed by atoms with Gasteiger partial charge in [-0.05, 0) is 12.1 Å². The van der Waals surface area contributed by atoms with Gasteiger partial charge in [0, 0.05) is 44.2 Å². The first kappa shape index (κ1) is 17.2. The normalized spacial score (nSPS) is 17.1. The maximum atomic E-state index is 11.5. The number of carbonyl (C=O) groups excluding carboxylic acids is 1. The second-order valence-electron chi connectivity index (χ2n) is 6.29. The summed E-state index contributed by atoms with van der Waals surface area (Å²) in [6.07, 6.45) is 6.86. The van der Waals surface area contributed by atoms with Crippen LogP contribution in [0.15, 0.2) is 43.0 Å². The van der Waals surface area contributed by atoms with E-state index in [-0.39, 0.29) is 12.0 Å². The van der Waals surface area contributed by atoms with Gasteiger partial charge in [0.05, 0.1) is 25.5 Å². The molecule has 4 heterocycles. The van der Waals surface area contributed by atoms with Crippen molar-refractivity contribution in [3.63, 3.8) is 0 Å². The van der Waals surface area contributed by atoms with Gasteiger partial charge in [-0.2, -0.15) is 0 Å². The van der Waals surface area contributed by atoms with Gasteiger partial charge in [0.25, 0.3) is 0 Å². The van der Waals surface area contributed by atoms with E-state index in [0.29, 0.717) is 37.8 Å². The van der Waals surface area contributed by atoms with Crippen molar-refractivity contribution in [3.05, 3.63) is 43.0 Å². The quantitative estimate of drug-likeness (QED) is 0.681. The zero-order chi connectivity index (χ0) is 18.6. The summed E-state index contributed by atoms with van der Waals surface area (Å²) in [5.74, 6) is 0.624. The molecule has 138 valence electrons. The third-order valence-electron chi connectivity index (χ3n) is 4.36. The molecule has 0 unspecified atom stereocenters. The monoisotopic (exact) mass is 365 g/mol. The fraction of sp³-hybridized carbons (Fsp3) is 0.333. The van der Waals surface area contributed by atoms with Crippen molar-refractivity contribution in [2.45, 2.75) is 19.6 Å². The molecule has 9 nitrogen and oxygen atoms in total. The van der Waals surface area contributed by atoms with Gasteiger partial charge in [0.1, 0.15) is 11.4 Å². The molecule has 0 saturated carbocycles. The van der Waals surface area contributed by atoms with Gasteiger partial charge in [-0.3, -0.25) is 9.78 Å². The van der Waals surface area contributed by atoms with E-state index >= 15 is 0 Å². The lowest BCUT2D eigenvalue weighted by Gasteiger charge is -2.32. The smallest absolute Gasteiger partial charge is 0.219 e. The van der Waals surface area contributed by atoms with Crippen LogP contribution in [0, 0.1) is 0 Å². The molecule has 3 aromatic rings. The van der Waals surface area contributed by atoms with Crippen LogP contribution in [0.2, 0.25) is 0 Å². The van der Waals surface area contributed by atoms with Crippen LogP contribution in [0.1, 0.15) is 6.92 Å². The average Bonchev–Trinajstić information content (AvgIpc) is 3.17. The van der Waals surface area contributed by atoms with Crippen LogP contribution >= 0.6 is 0 Å². The number of carbonyl (C=O) groups is 1. The molecule has 1 atom stereocenters. The number of rotatable bonds is 4. The number of morpholine rings is 1. The zero-order valence-corrected chi connectivity index (χ0v) is 14.9. The van der Waals surface area contributed by atoms with Gasteiger partial charge >= 0.3 is 0 Å². The maximum Gasteiger partial charge on any atom is 0.219 e. The fourth-order valence-corrected chi connectivity index (χ4v) is 2.93. The molecule has 3 aromatic heterocycles. The molecule has 0 N–H and O–H groups in total. The van der Waals surface area contributed by atoms with E-state index in [1.807, 2.05) is 24.4 Å². The van der Waals surface area contributed by atoms with E-state index in [1.165, 1.54) is 0 Å². The third kappa shape index (κ3) is 3.98. The number of hydrogen-bond acceptors (Lipinski definition) is 7.